The van der Waals surface area contributed by atoms with E-state index in [1.807, 2.05) is 6.92 Å². The number of nitrogens with two attached hydrogens (primary N) is 1. The number of amides is 1. The van der Waals surface area contributed by atoms with Crippen molar-refractivity contribution in [3.8, 4) is 0 Å². The molecule has 0 saturated carbocycles. The summed E-state index contributed by atoms with van der Waals surface area (Å²) in [7, 11) is 0. The summed E-state index contributed by atoms with van der Waals surface area (Å²) >= 11 is 0. The Hall–Kier alpha value is -1.65. The van der Waals surface area contributed by atoms with E-state index in [2.05, 4.69) is 13.8 Å². The standard InChI is InChI=1S/C15H22F2N2O/c1-4-10(5-2)9-19(6-3)15(20)11-7-12(16)13(17)8-14(11)18/h7-8,10H,4-6,9,18H2,1-3H3. The molecule has 20 heavy (non-hydrogen) atoms. The van der Waals surface area contributed by atoms with Crippen molar-refractivity contribution in [2.24, 2.45) is 5.92 Å². The fourth-order valence-corrected chi connectivity index (χ4v) is 2.13. The SMILES string of the molecule is CCC(CC)CN(CC)C(=O)c1cc(F)c(F)cc1N. The lowest BCUT2D eigenvalue weighted by atomic mass is 10.0. The van der Waals surface area contributed by atoms with Gasteiger partial charge in [-0.25, -0.2) is 8.78 Å². The lowest BCUT2D eigenvalue weighted by molar-refractivity contribution is 0.0735. The Morgan fingerprint density at radius 2 is 1.75 bits per heavy atom. The van der Waals surface area contributed by atoms with Crippen molar-refractivity contribution >= 4 is 11.6 Å². The molecule has 1 aromatic carbocycles. The second-order valence-corrected chi connectivity index (χ2v) is 4.88. The molecule has 112 valence electrons. The summed E-state index contributed by atoms with van der Waals surface area (Å²) in [4.78, 5) is 14.0. The monoisotopic (exact) mass is 284 g/mol. The van der Waals surface area contributed by atoms with Gasteiger partial charge in [-0.2, -0.15) is 0 Å². The average molecular weight is 284 g/mol. The van der Waals surface area contributed by atoms with Crippen molar-refractivity contribution in [2.45, 2.75) is 33.6 Å². The minimum atomic E-state index is -1.05. The van der Waals surface area contributed by atoms with Gasteiger partial charge in [0.05, 0.1) is 5.56 Å². The van der Waals surface area contributed by atoms with E-state index in [0.717, 1.165) is 25.0 Å². The van der Waals surface area contributed by atoms with E-state index >= 15 is 0 Å². The molecular formula is C15H22F2N2O. The number of carbonyl (C=O) groups excluding carboxylic acids is 1. The number of hydrogen-bond donors (Lipinski definition) is 1. The molecule has 0 aliphatic rings. The summed E-state index contributed by atoms with van der Waals surface area (Å²) in [5.74, 6) is -2.05. The quantitative estimate of drug-likeness (QED) is 0.813. The van der Waals surface area contributed by atoms with Crippen molar-refractivity contribution in [3.05, 3.63) is 29.3 Å². The number of benzene rings is 1. The fraction of sp³-hybridized carbons (Fsp3) is 0.533. The Kier molecular flexibility index (Phi) is 5.92. The van der Waals surface area contributed by atoms with E-state index in [0.29, 0.717) is 19.0 Å². The molecule has 1 aromatic rings. The van der Waals surface area contributed by atoms with Crippen LogP contribution in [0.15, 0.2) is 12.1 Å². The first-order chi connectivity index (χ1) is 9.44. The summed E-state index contributed by atoms with van der Waals surface area (Å²) in [6, 6.07) is 1.73. The lowest BCUT2D eigenvalue weighted by Gasteiger charge is -2.26. The van der Waals surface area contributed by atoms with E-state index < -0.39 is 11.6 Å². The van der Waals surface area contributed by atoms with Crippen molar-refractivity contribution in [3.63, 3.8) is 0 Å². The molecule has 0 saturated heterocycles. The molecule has 0 aromatic heterocycles. The summed E-state index contributed by atoms with van der Waals surface area (Å²) in [6.07, 6.45) is 1.93. The van der Waals surface area contributed by atoms with Crippen molar-refractivity contribution in [2.75, 3.05) is 18.8 Å². The number of rotatable bonds is 6. The topological polar surface area (TPSA) is 46.3 Å². The Bertz CT molecular complexity index is 473. The van der Waals surface area contributed by atoms with Gasteiger partial charge in [-0.15, -0.1) is 0 Å². The van der Waals surface area contributed by atoms with E-state index in [9.17, 15) is 13.6 Å². The molecule has 0 bridgehead atoms. The van der Waals surface area contributed by atoms with Crippen molar-refractivity contribution in [1.82, 2.24) is 4.90 Å². The maximum absolute atomic E-state index is 13.3. The third-order valence-corrected chi connectivity index (χ3v) is 3.63. The molecule has 0 atom stereocenters. The molecular weight excluding hydrogens is 262 g/mol. The Morgan fingerprint density at radius 1 is 1.20 bits per heavy atom. The first kappa shape index (κ1) is 16.4. The molecule has 5 heteroatoms. The van der Waals surface area contributed by atoms with Crippen LogP contribution in [0, 0.1) is 17.6 Å². The van der Waals surface area contributed by atoms with Crippen LogP contribution in [0.2, 0.25) is 0 Å². The first-order valence-corrected chi connectivity index (χ1v) is 6.98. The minimum Gasteiger partial charge on any atom is -0.398 e. The molecule has 0 aliphatic carbocycles. The molecule has 3 nitrogen and oxygen atoms in total. The van der Waals surface area contributed by atoms with Crippen molar-refractivity contribution < 1.29 is 13.6 Å². The van der Waals surface area contributed by atoms with Gasteiger partial charge in [0.1, 0.15) is 0 Å². The molecule has 0 aliphatic heterocycles. The van der Waals surface area contributed by atoms with Crippen LogP contribution < -0.4 is 5.73 Å². The van der Waals surface area contributed by atoms with Crippen LogP contribution in [0.4, 0.5) is 14.5 Å². The summed E-state index contributed by atoms with van der Waals surface area (Å²) < 4.78 is 26.3. The number of carbonyl (C=O) groups is 1. The Labute approximate surface area is 118 Å². The third-order valence-electron chi connectivity index (χ3n) is 3.63. The van der Waals surface area contributed by atoms with Crippen LogP contribution in [0.25, 0.3) is 0 Å². The van der Waals surface area contributed by atoms with Gasteiger partial charge in [-0.05, 0) is 18.9 Å². The maximum atomic E-state index is 13.3. The summed E-state index contributed by atoms with van der Waals surface area (Å²) in [5, 5.41) is 0. The maximum Gasteiger partial charge on any atom is 0.256 e. The van der Waals surface area contributed by atoms with Gasteiger partial charge in [0.25, 0.3) is 5.91 Å². The number of halogens is 2. The summed E-state index contributed by atoms with van der Waals surface area (Å²) in [6.45, 7) is 7.10. The molecule has 0 fully saturated rings. The second kappa shape index (κ2) is 7.22. The first-order valence-electron chi connectivity index (χ1n) is 6.98. The van der Waals surface area contributed by atoms with Gasteiger partial charge in [0, 0.05) is 24.8 Å². The van der Waals surface area contributed by atoms with Gasteiger partial charge in [0.15, 0.2) is 11.6 Å². The zero-order valence-corrected chi connectivity index (χ0v) is 12.2. The molecule has 2 N–H and O–H groups in total. The molecule has 0 heterocycles. The van der Waals surface area contributed by atoms with Crippen molar-refractivity contribution in [1.29, 1.82) is 0 Å². The highest BCUT2D eigenvalue weighted by atomic mass is 19.2. The van der Waals surface area contributed by atoms with Crippen LogP contribution in [0.3, 0.4) is 0 Å². The smallest absolute Gasteiger partial charge is 0.256 e. The number of nitrogen functional groups attached to an aromatic ring is 1. The van der Waals surface area contributed by atoms with Crippen LogP contribution >= 0.6 is 0 Å². The number of anilines is 1. The van der Waals surface area contributed by atoms with Crippen LogP contribution in [-0.4, -0.2) is 23.9 Å². The molecule has 0 spiro atoms. The molecule has 1 amide bonds. The van der Waals surface area contributed by atoms with Gasteiger partial charge in [-0.3, -0.25) is 4.79 Å². The fourth-order valence-electron chi connectivity index (χ4n) is 2.13. The van der Waals surface area contributed by atoms with E-state index in [1.54, 1.807) is 4.90 Å². The van der Waals surface area contributed by atoms with Gasteiger partial charge in [0.2, 0.25) is 0 Å². The zero-order valence-electron chi connectivity index (χ0n) is 12.2. The largest absolute Gasteiger partial charge is 0.398 e. The van der Waals surface area contributed by atoms with Gasteiger partial charge in [-0.1, -0.05) is 26.7 Å². The molecule has 0 radical (unpaired) electrons. The van der Waals surface area contributed by atoms with E-state index in [1.165, 1.54) is 0 Å². The predicted octanol–water partition coefficient (Wildman–Crippen LogP) is 3.45. The molecule has 0 unspecified atom stereocenters. The Morgan fingerprint density at radius 3 is 2.25 bits per heavy atom. The third kappa shape index (κ3) is 3.68. The highest BCUT2D eigenvalue weighted by molar-refractivity contribution is 5.99. The lowest BCUT2D eigenvalue weighted by Crippen LogP contribution is -2.35. The number of hydrogen-bond acceptors (Lipinski definition) is 2. The second-order valence-electron chi connectivity index (χ2n) is 4.88. The van der Waals surface area contributed by atoms with Gasteiger partial charge < -0.3 is 10.6 Å². The van der Waals surface area contributed by atoms with Crippen LogP contribution in [0.1, 0.15) is 44.0 Å². The van der Waals surface area contributed by atoms with E-state index in [4.69, 9.17) is 5.73 Å². The summed E-state index contributed by atoms with van der Waals surface area (Å²) in [5.41, 5.74) is 5.62. The average Bonchev–Trinajstić information content (AvgIpc) is 2.43. The van der Waals surface area contributed by atoms with Crippen LogP contribution in [-0.2, 0) is 0 Å². The highest BCUT2D eigenvalue weighted by Gasteiger charge is 2.21. The predicted molar refractivity (Wildman–Crippen MR) is 76.4 cm³/mol. The highest BCUT2D eigenvalue weighted by Crippen LogP contribution is 2.20. The minimum absolute atomic E-state index is 0.0247. The van der Waals surface area contributed by atoms with Crippen LogP contribution in [0.5, 0.6) is 0 Å². The Balaban J connectivity index is 2.99. The van der Waals surface area contributed by atoms with Gasteiger partial charge >= 0.3 is 0 Å². The molecule has 1 rings (SSSR count). The number of nitrogens with zero attached hydrogens (tertiary/aromatic N) is 1. The normalized spacial score (nSPS) is 10.9. The van der Waals surface area contributed by atoms with E-state index in [-0.39, 0.29) is 17.2 Å². The zero-order chi connectivity index (χ0) is 15.3.